The number of nitrogens with zero attached hydrogens (tertiary/aromatic N) is 1. The fourth-order valence-corrected chi connectivity index (χ4v) is 6.96. The second-order valence-corrected chi connectivity index (χ2v) is 16.1. The monoisotopic (exact) mass is 783 g/mol. The minimum atomic E-state index is -0.328. The van der Waals surface area contributed by atoms with Crippen molar-refractivity contribution in [1.29, 1.82) is 0 Å². The number of carbonyl (C=O) groups is 2. The zero-order chi connectivity index (χ0) is 40.3. The van der Waals surface area contributed by atoms with Crippen LogP contribution in [0.1, 0.15) is 227 Å². The molecular weight excluding hydrogens is 689 g/mol. The highest BCUT2D eigenvalue weighted by Crippen LogP contribution is 2.15. The van der Waals surface area contributed by atoms with Gasteiger partial charge in [-0.2, -0.15) is 0 Å². The van der Waals surface area contributed by atoms with Crippen molar-refractivity contribution in [2.24, 2.45) is 0 Å². The summed E-state index contributed by atoms with van der Waals surface area (Å²) in [7, 11) is 0. The van der Waals surface area contributed by atoms with Crippen LogP contribution in [-0.2, 0) is 28.5 Å². The predicted molar refractivity (Wildman–Crippen MR) is 233 cm³/mol. The van der Waals surface area contributed by atoms with E-state index < -0.39 is 0 Å². The molecule has 0 heterocycles. The predicted octanol–water partition coefficient (Wildman–Crippen LogP) is 12.5. The Morgan fingerprint density at radius 1 is 0.455 bits per heavy atom. The number of nitrogens with one attached hydrogen (secondary N) is 1. The maximum absolute atomic E-state index is 12.7. The van der Waals surface area contributed by atoms with Gasteiger partial charge in [0.15, 0.2) is 6.29 Å². The van der Waals surface area contributed by atoms with Gasteiger partial charge < -0.3 is 24.3 Å². The Bertz CT molecular complexity index is 781. The van der Waals surface area contributed by atoms with Gasteiger partial charge in [-0.15, -0.1) is 0 Å². The maximum atomic E-state index is 12.7. The lowest BCUT2D eigenvalue weighted by molar-refractivity contribution is -0.159. The van der Waals surface area contributed by atoms with Crippen LogP contribution in [0.4, 0.5) is 0 Å². The van der Waals surface area contributed by atoms with E-state index in [0.29, 0.717) is 51.7 Å². The molecule has 328 valence electrons. The van der Waals surface area contributed by atoms with E-state index in [1.54, 1.807) is 0 Å². The molecule has 0 saturated heterocycles. The first-order valence-electron chi connectivity index (χ1n) is 24.0. The summed E-state index contributed by atoms with van der Waals surface area (Å²) >= 11 is 0. The smallest absolute Gasteiger partial charge is 0.305 e. The van der Waals surface area contributed by atoms with Gasteiger partial charge in [-0.3, -0.25) is 14.5 Å². The molecule has 0 aromatic carbocycles. The van der Waals surface area contributed by atoms with Gasteiger partial charge >= 0.3 is 11.9 Å². The molecule has 55 heavy (non-hydrogen) atoms. The highest BCUT2D eigenvalue weighted by molar-refractivity contribution is 5.69. The second kappa shape index (κ2) is 43.9. The van der Waals surface area contributed by atoms with Crippen molar-refractivity contribution < 1.29 is 28.5 Å². The zero-order valence-corrected chi connectivity index (χ0v) is 37.4. The summed E-state index contributed by atoms with van der Waals surface area (Å²) in [6, 6.07) is 0.439. The molecule has 1 unspecified atom stereocenters. The van der Waals surface area contributed by atoms with Crippen molar-refractivity contribution in [3.8, 4) is 0 Å². The first-order chi connectivity index (χ1) is 27.0. The van der Waals surface area contributed by atoms with Crippen LogP contribution in [0.3, 0.4) is 0 Å². The molecule has 1 N–H and O–H groups in total. The van der Waals surface area contributed by atoms with Crippen LogP contribution in [0.15, 0.2) is 0 Å². The summed E-state index contributed by atoms with van der Waals surface area (Å²) in [6.45, 7) is 17.7. The van der Waals surface area contributed by atoms with Gasteiger partial charge in [0.25, 0.3) is 0 Å². The van der Waals surface area contributed by atoms with Crippen LogP contribution >= 0.6 is 0 Å². The van der Waals surface area contributed by atoms with Crippen molar-refractivity contribution in [1.82, 2.24) is 10.2 Å². The van der Waals surface area contributed by atoms with E-state index in [9.17, 15) is 9.59 Å². The Hall–Kier alpha value is -1.22. The Kier molecular flexibility index (Phi) is 42.9. The third kappa shape index (κ3) is 39.4. The summed E-state index contributed by atoms with van der Waals surface area (Å²) < 4.78 is 23.4. The Labute approximate surface area is 342 Å². The maximum Gasteiger partial charge on any atom is 0.305 e. The first-order valence-corrected chi connectivity index (χ1v) is 24.0. The van der Waals surface area contributed by atoms with E-state index in [1.165, 1.54) is 109 Å². The molecular formula is C47H94N2O6. The van der Waals surface area contributed by atoms with Gasteiger partial charge in [0.1, 0.15) is 0 Å². The number of hydrogen-bond donors (Lipinski definition) is 1. The molecule has 0 aliphatic carbocycles. The Balaban J connectivity index is 4.38. The number of ether oxygens (including phenoxy) is 4. The lowest BCUT2D eigenvalue weighted by Gasteiger charge is -2.29. The number of unbranched alkanes of at least 4 members (excludes halogenated alkanes) is 20. The number of esters is 2. The minimum Gasteiger partial charge on any atom is -0.466 e. The number of hydrogen-bond acceptors (Lipinski definition) is 8. The topological polar surface area (TPSA) is 86.3 Å². The van der Waals surface area contributed by atoms with Gasteiger partial charge in [-0.25, -0.2) is 0 Å². The molecule has 0 radical (unpaired) electrons. The SMILES string of the molecule is CCCCCCCCCCCOC(=O)CCCCC(C)N(CCCCOC(=O)CCC(OCCCCCCCC)OCCCCCCCC)CCNCCC. The molecule has 0 saturated carbocycles. The molecule has 0 aromatic heterocycles. The van der Waals surface area contributed by atoms with Crippen LogP contribution in [-0.4, -0.2) is 81.8 Å². The molecule has 8 nitrogen and oxygen atoms in total. The molecule has 0 rings (SSSR count). The second-order valence-electron chi connectivity index (χ2n) is 16.1. The first kappa shape index (κ1) is 53.8. The van der Waals surface area contributed by atoms with Crippen LogP contribution in [0, 0.1) is 0 Å². The highest BCUT2D eigenvalue weighted by atomic mass is 16.7. The van der Waals surface area contributed by atoms with E-state index in [0.717, 1.165) is 90.4 Å². The molecule has 8 heteroatoms. The molecule has 0 amide bonds. The van der Waals surface area contributed by atoms with Crippen LogP contribution < -0.4 is 5.32 Å². The minimum absolute atomic E-state index is 0.0423. The average Bonchev–Trinajstić information content (AvgIpc) is 3.18. The zero-order valence-electron chi connectivity index (χ0n) is 37.4. The lowest BCUT2D eigenvalue weighted by Crippen LogP contribution is -2.39. The normalized spacial score (nSPS) is 12.2. The third-order valence-electron chi connectivity index (χ3n) is 10.7. The van der Waals surface area contributed by atoms with Crippen molar-refractivity contribution in [2.45, 2.75) is 240 Å². The Morgan fingerprint density at radius 3 is 1.42 bits per heavy atom. The van der Waals surface area contributed by atoms with E-state index in [2.05, 4.69) is 44.8 Å². The van der Waals surface area contributed by atoms with Crippen molar-refractivity contribution in [2.75, 3.05) is 52.6 Å². The molecule has 0 fully saturated rings. The van der Waals surface area contributed by atoms with Gasteiger partial charge in [-0.1, -0.05) is 150 Å². The molecule has 0 bridgehead atoms. The van der Waals surface area contributed by atoms with Crippen molar-refractivity contribution in [3.63, 3.8) is 0 Å². The van der Waals surface area contributed by atoms with E-state index in [1.807, 2.05) is 0 Å². The molecule has 1 atom stereocenters. The summed E-state index contributed by atoms with van der Waals surface area (Å²) in [5.41, 5.74) is 0. The van der Waals surface area contributed by atoms with Gasteiger partial charge in [-0.05, 0) is 71.4 Å². The largest absolute Gasteiger partial charge is 0.466 e. The standard InChI is InChI=1S/C47H94N2O6/c1-6-10-13-16-19-20-21-24-28-40-52-45(50)33-26-25-32-44(5)49(39-37-48-36-9-4)38-27-31-41-53-46(51)34-35-47(54-42-29-22-17-14-11-7-2)55-43-30-23-18-15-12-8-3/h44,47-48H,6-43H2,1-5H3. The van der Waals surface area contributed by atoms with Gasteiger partial charge in [0.05, 0.1) is 19.6 Å². The quantitative estimate of drug-likeness (QED) is 0.0371. The van der Waals surface area contributed by atoms with Crippen molar-refractivity contribution >= 4 is 11.9 Å². The summed E-state index contributed by atoms with van der Waals surface area (Å²) in [5, 5.41) is 3.55. The van der Waals surface area contributed by atoms with Gasteiger partial charge in [0, 0.05) is 45.2 Å². The fraction of sp³-hybridized carbons (Fsp3) is 0.957. The fourth-order valence-electron chi connectivity index (χ4n) is 6.96. The molecule has 0 aliphatic heterocycles. The van der Waals surface area contributed by atoms with Crippen LogP contribution in [0.25, 0.3) is 0 Å². The number of rotatable bonds is 45. The molecule has 0 aliphatic rings. The van der Waals surface area contributed by atoms with E-state index in [-0.39, 0.29) is 18.2 Å². The van der Waals surface area contributed by atoms with E-state index in [4.69, 9.17) is 18.9 Å². The average molecular weight is 783 g/mol. The van der Waals surface area contributed by atoms with E-state index >= 15 is 0 Å². The molecule has 0 spiro atoms. The lowest BCUT2D eigenvalue weighted by atomic mass is 10.1. The molecule has 0 aromatic rings. The third-order valence-corrected chi connectivity index (χ3v) is 10.7. The Morgan fingerprint density at radius 2 is 0.909 bits per heavy atom. The van der Waals surface area contributed by atoms with Crippen LogP contribution in [0.2, 0.25) is 0 Å². The van der Waals surface area contributed by atoms with Crippen molar-refractivity contribution in [3.05, 3.63) is 0 Å². The van der Waals surface area contributed by atoms with Crippen LogP contribution in [0.5, 0.6) is 0 Å². The highest BCUT2D eigenvalue weighted by Gasteiger charge is 2.16. The summed E-state index contributed by atoms with van der Waals surface area (Å²) in [6.07, 6.45) is 33.2. The van der Waals surface area contributed by atoms with Gasteiger partial charge in [0.2, 0.25) is 0 Å². The summed E-state index contributed by atoms with van der Waals surface area (Å²) in [4.78, 5) is 27.5. The number of carbonyl (C=O) groups excluding carboxylic acids is 2. The summed E-state index contributed by atoms with van der Waals surface area (Å²) in [5.74, 6) is -0.198.